The van der Waals surface area contributed by atoms with Gasteiger partial charge in [-0.05, 0) is 13.0 Å². The van der Waals surface area contributed by atoms with Crippen LogP contribution in [-0.2, 0) is 4.74 Å². The first kappa shape index (κ1) is 26.6. The molecule has 41 heavy (non-hydrogen) atoms. The van der Waals surface area contributed by atoms with Gasteiger partial charge < -0.3 is 34.7 Å². The molecular weight excluding hydrogens is 538 g/mol. The molecule has 0 saturated carbocycles. The first-order chi connectivity index (χ1) is 19.7. The number of aromatic nitrogens is 4. The lowest BCUT2D eigenvalue weighted by Gasteiger charge is -2.31. The van der Waals surface area contributed by atoms with Crippen molar-refractivity contribution < 1.29 is 28.5 Å². The lowest BCUT2D eigenvalue weighted by Crippen LogP contribution is -2.36. The molecule has 13 heteroatoms. The molecule has 212 valence electrons. The lowest BCUT2D eigenvalue weighted by atomic mass is 10.0. The van der Waals surface area contributed by atoms with Gasteiger partial charge in [0.25, 0.3) is 0 Å². The van der Waals surface area contributed by atoms with Crippen molar-refractivity contribution in [1.82, 2.24) is 19.5 Å². The van der Waals surface area contributed by atoms with E-state index in [-0.39, 0.29) is 23.0 Å². The Bertz CT molecular complexity index is 1910. The predicted octanol–water partition coefficient (Wildman–Crippen LogP) is 3.50. The Labute approximate surface area is 231 Å². The summed E-state index contributed by atoms with van der Waals surface area (Å²) in [6.07, 6.45) is 4.25. The fourth-order valence-corrected chi connectivity index (χ4v) is 5.42. The van der Waals surface area contributed by atoms with Gasteiger partial charge in [0, 0.05) is 55.9 Å². The molecule has 6 rings (SSSR count). The number of hydrogen-bond donors (Lipinski definition) is 4. The van der Waals surface area contributed by atoms with Gasteiger partial charge in [0.1, 0.15) is 16.9 Å². The zero-order valence-corrected chi connectivity index (χ0v) is 22.2. The number of morpholine rings is 1. The second-order valence-electron chi connectivity index (χ2n) is 9.90. The number of H-pyrrole nitrogens is 1. The number of nitrogens with one attached hydrogen (secondary N) is 2. The van der Waals surface area contributed by atoms with E-state index in [0.29, 0.717) is 65.4 Å². The standard InChI is InChI=1S/C28H26F2N6O5/c1-13(12-37)36-11-17(28(39)40)25(38)15-7-14(9-33-27(15)36)16-10-32-26-21(24(16)35-3-5-41-6-4-35)20-22(30)18(29)8-19(31-2)23(20)34-26/h7-11,13,31,37H,3-6,12H2,1-2H3,(H,32,34)(H,39,40). The molecule has 0 radical (unpaired) electrons. The van der Waals surface area contributed by atoms with Gasteiger partial charge in [-0.2, -0.15) is 0 Å². The Morgan fingerprint density at radius 2 is 1.95 bits per heavy atom. The highest BCUT2D eigenvalue weighted by molar-refractivity contribution is 6.18. The monoisotopic (exact) mass is 564 g/mol. The number of carboxylic acid groups (broad SMARTS) is 1. The minimum absolute atomic E-state index is 0.0289. The van der Waals surface area contributed by atoms with Gasteiger partial charge in [-0.15, -0.1) is 0 Å². The van der Waals surface area contributed by atoms with Crippen LogP contribution in [0.25, 0.3) is 44.1 Å². The van der Waals surface area contributed by atoms with Gasteiger partial charge in [0.2, 0.25) is 5.43 Å². The molecule has 1 aromatic carbocycles. The summed E-state index contributed by atoms with van der Waals surface area (Å²) in [6, 6.07) is 2.05. The Balaban J connectivity index is 1.70. The van der Waals surface area contributed by atoms with Crippen molar-refractivity contribution in [3.8, 4) is 11.1 Å². The first-order valence-corrected chi connectivity index (χ1v) is 13.0. The fourth-order valence-electron chi connectivity index (χ4n) is 5.42. The third-order valence-corrected chi connectivity index (χ3v) is 7.51. The number of nitrogens with zero attached hydrogens (tertiary/aromatic N) is 4. The fraction of sp³-hybridized carbons (Fsp3) is 0.286. The van der Waals surface area contributed by atoms with E-state index in [1.54, 1.807) is 20.2 Å². The number of carbonyl (C=O) groups is 1. The number of aromatic amines is 1. The first-order valence-electron chi connectivity index (χ1n) is 13.0. The molecule has 4 aromatic heterocycles. The number of pyridine rings is 3. The Morgan fingerprint density at radius 3 is 2.63 bits per heavy atom. The van der Waals surface area contributed by atoms with Crippen LogP contribution in [0.15, 0.2) is 35.5 Å². The molecule has 4 N–H and O–H groups in total. The van der Waals surface area contributed by atoms with Crippen molar-refractivity contribution in [3.05, 3.63) is 58.1 Å². The summed E-state index contributed by atoms with van der Waals surface area (Å²) in [6.45, 7) is 3.10. The zero-order valence-electron chi connectivity index (χ0n) is 22.2. The number of hydrogen-bond acceptors (Lipinski definition) is 8. The van der Waals surface area contributed by atoms with Gasteiger partial charge >= 0.3 is 5.97 Å². The molecular formula is C28H26F2N6O5. The minimum atomic E-state index is -1.41. The Hall–Kier alpha value is -4.62. The maximum Gasteiger partial charge on any atom is 0.341 e. The second-order valence-corrected chi connectivity index (χ2v) is 9.90. The molecule has 1 aliphatic heterocycles. The summed E-state index contributed by atoms with van der Waals surface area (Å²) in [5.41, 5.74) is 1.52. The van der Waals surface area contributed by atoms with E-state index in [1.165, 1.54) is 23.0 Å². The molecule has 5 aromatic rings. The Kier molecular flexibility index (Phi) is 6.54. The van der Waals surface area contributed by atoms with E-state index < -0.39 is 34.6 Å². The van der Waals surface area contributed by atoms with Crippen LogP contribution < -0.4 is 15.6 Å². The lowest BCUT2D eigenvalue weighted by molar-refractivity contribution is 0.0694. The molecule has 1 saturated heterocycles. The molecule has 1 aliphatic rings. The number of aliphatic hydroxyl groups excluding tert-OH is 1. The van der Waals surface area contributed by atoms with Gasteiger partial charge in [-0.1, -0.05) is 0 Å². The number of rotatable bonds is 6. The van der Waals surface area contributed by atoms with Crippen molar-refractivity contribution in [1.29, 1.82) is 0 Å². The summed E-state index contributed by atoms with van der Waals surface area (Å²) in [5, 5.41) is 22.7. The van der Waals surface area contributed by atoms with Gasteiger partial charge in [-0.25, -0.2) is 23.5 Å². The van der Waals surface area contributed by atoms with Gasteiger partial charge in [0.15, 0.2) is 11.6 Å². The number of benzene rings is 1. The van der Waals surface area contributed by atoms with Crippen LogP contribution in [0.3, 0.4) is 0 Å². The Morgan fingerprint density at radius 1 is 1.20 bits per heavy atom. The third-order valence-electron chi connectivity index (χ3n) is 7.51. The maximum atomic E-state index is 15.5. The van der Waals surface area contributed by atoms with Crippen molar-refractivity contribution >= 4 is 50.3 Å². The summed E-state index contributed by atoms with van der Waals surface area (Å²) < 4.78 is 37.2. The van der Waals surface area contributed by atoms with Crippen molar-refractivity contribution in [3.63, 3.8) is 0 Å². The topological polar surface area (TPSA) is 146 Å². The molecule has 1 atom stereocenters. The highest BCUT2D eigenvalue weighted by Gasteiger charge is 2.27. The zero-order chi connectivity index (χ0) is 29.0. The van der Waals surface area contributed by atoms with Crippen molar-refractivity contribution in [2.75, 3.05) is 50.2 Å². The van der Waals surface area contributed by atoms with E-state index in [9.17, 15) is 24.2 Å². The molecule has 0 aliphatic carbocycles. The van der Waals surface area contributed by atoms with Crippen LogP contribution in [0.5, 0.6) is 0 Å². The van der Waals surface area contributed by atoms with Crippen LogP contribution in [0, 0.1) is 11.6 Å². The highest BCUT2D eigenvalue weighted by atomic mass is 19.2. The summed E-state index contributed by atoms with van der Waals surface area (Å²) in [4.78, 5) is 39.3. The predicted molar refractivity (Wildman–Crippen MR) is 150 cm³/mol. The average Bonchev–Trinajstić information content (AvgIpc) is 3.38. The molecule has 0 amide bonds. The van der Waals surface area contributed by atoms with E-state index in [2.05, 4.69) is 20.3 Å². The van der Waals surface area contributed by atoms with E-state index in [1.807, 2.05) is 4.90 Å². The van der Waals surface area contributed by atoms with Crippen molar-refractivity contribution in [2.45, 2.75) is 13.0 Å². The third kappa shape index (κ3) is 4.16. The average molecular weight is 565 g/mol. The molecule has 1 fully saturated rings. The number of fused-ring (bicyclic) bond motifs is 4. The van der Waals surface area contributed by atoms with Crippen LogP contribution in [0.2, 0.25) is 0 Å². The van der Waals surface area contributed by atoms with Gasteiger partial charge in [-0.3, -0.25) is 4.79 Å². The van der Waals surface area contributed by atoms with Crippen LogP contribution >= 0.6 is 0 Å². The SMILES string of the molecule is CNc1cc(F)c(F)c2c1[nH]c1ncc(-c3cnc4c(c3)c(=O)c(C(=O)O)cn4C(C)CO)c(N3CCOCC3)c12. The number of ether oxygens (including phenoxy) is 1. The van der Waals surface area contributed by atoms with Crippen LogP contribution in [-0.4, -0.2) is 75.7 Å². The maximum absolute atomic E-state index is 15.5. The summed E-state index contributed by atoms with van der Waals surface area (Å²) in [7, 11) is 1.61. The van der Waals surface area contributed by atoms with E-state index in [4.69, 9.17) is 4.74 Å². The molecule has 5 heterocycles. The molecule has 11 nitrogen and oxygen atoms in total. The highest BCUT2D eigenvalue weighted by Crippen LogP contribution is 2.43. The summed E-state index contributed by atoms with van der Waals surface area (Å²) >= 11 is 0. The quantitative estimate of drug-likeness (QED) is 0.243. The molecule has 0 bridgehead atoms. The van der Waals surface area contributed by atoms with Gasteiger partial charge in [0.05, 0.1) is 58.9 Å². The number of anilines is 2. The number of aliphatic hydroxyl groups is 1. The van der Waals surface area contributed by atoms with E-state index >= 15 is 4.39 Å². The molecule has 0 spiro atoms. The number of carboxylic acids is 1. The molecule has 1 unspecified atom stereocenters. The smallest absolute Gasteiger partial charge is 0.341 e. The minimum Gasteiger partial charge on any atom is -0.477 e. The normalized spacial score (nSPS) is 14.7. The summed E-state index contributed by atoms with van der Waals surface area (Å²) in [5.74, 6) is -3.45. The van der Waals surface area contributed by atoms with E-state index in [0.717, 1.165) is 6.07 Å². The number of halogens is 2. The second kappa shape index (κ2) is 10.1. The van der Waals surface area contributed by atoms with Crippen molar-refractivity contribution in [2.24, 2.45) is 0 Å². The largest absolute Gasteiger partial charge is 0.477 e. The van der Waals surface area contributed by atoms with Crippen LogP contribution in [0.4, 0.5) is 20.2 Å². The number of aromatic carboxylic acids is 1. The van der Waals surface area contributed by atoms with Crippen LogP contribution in [0.1, 0.15) is 23.3 Å².